The Morgan fingerprint density at radius 2 is 1.87 bits per heavy atom. The molecule has 0 saturated heterocycles. The van der Waals surface area contributed by atoms with Crippen molar-refractivity contribution in [3.05, 3.63) is 0 Å². The molecule has 0 aromatic carbocycles. The number of hydrogen-bond donors (Lipinski definition) is 2. The van der Waals surface area contributed by atoms with Gasteiger partial charge in [0.25, 0.3) is 0 Å². The maximum absolute atomic E-state index is 11.1. The smallest absolute Gasteiger partial charge is 0.407 e. The molecule has 4 nitrogen and oxygen atoms in total. The molecule has 0 heterocycles. The number of hydrogen-bond acceptors (Lipinski definition) is 3. The minimum absolute atomic E-state index is 0.0107. The molecule has 0 rings (SSSR count). The molecule has 1 unspecified atom stereocenters. The predicted molar refractivity (Wildman–Crippen MR) is 61.6 cm³/mol. The van der Waals surface area contributed by atoms with Crippen molar-refractivity contribution in [3.63, 3.8) is 0 Å². The van der Waals surface area contributed by atoms with E-state index >= 15 is 0 Å². The fraction of sp³-hybridized carbons (Fsp3) is 0.909. The topological polar surface area (TPSA) is 64.3 Å². The molecule has 0 aliphatic rings. The van der Waals surface area contributed by atoms with E-state index in [-0.39, 0.29) is 12.1 Å². The molecule has 1 amide bonds. The Morgan fingerprint density at radius 3 is 2.33 bits per heavy atom. The summed E-state index contributed by atoms with van der Waals surface area (Å²) in [4.78, 5) is 11.1. The van der Waals surface area contributed by atoms with Crippen molar-refractivity contribution in [1.29, 1.82) is 0 Å². The maximum atomic E-state index is 11.1. The maximum Gasteiger partial charge on any atom is 0.407 e. The average molecular weight is 216 g/mol. The lowest BCUT2D eigenvalue weighted by Crippen LogP contribution is -2.38. The zero-order chi connectivity index (χ0) is 11.8. The Hall–Kier alpha value is -0.770. The van der Waals surface area contributed by atoms with E-state index in [1.807, 2.05) is 13.8 Å². The highest BCUT2D eigenvalue weighted by molar-refractivity contribution is 5.67. The van der Waals surface area contributed by atoms with Gasteiger partial charge in [-0.05, 0) is 18.3 Å². The van der Waals surface area contributed by atoms with Gasteiger partial charge in [0.15, 0.2) is 0 Å². The van der Waals surface area contributed by atoms with Crippen LogP contribution in [0.4, 0.5) is 4.79 Å². The Bertz CT molecular complexity index is 181. The van der Waals surface area contributed by atoms with Crippen molar-refractivity contribution < 1.29 is 9.53 Å². The van der Waals surface area contributed by atoms with Gasteiger partial charge in [-0.25, -0.2) is 4.79 Å². The van der Waals surface area contributed by atoms with E-state index in [4.69, 9.17) is 10.5 Å². The van der Waals surface area contributed by atoms with Crippen LogP contribution in [-0.2, 0) is 4.74 Å². The molecule has 90 valence electrons. The number of amides is 1. The normalized spacial score (nSPS) is 13.0. The van der Waals surface area contributed by atoms with Crippen LogP contribution in [0.2, 0.25) is 0 Å². The molecule has 4 heteroatoms. The van der Waals surface area contributed by atoms with E-state index in [1.54, 1.807) is 0 Å². The molecular weight excluding hydrogens is 192 g/mol. The van der Waals surface area contributed by atoms with Gasteiger partial charge in [-0.1, -0.05) is 27.7 Å². The Balaban J connectivity index is 3.53. The van der Waals surface area contributed by atoms with Gasteiger partial charge >= 0.3 is 6.09 Å². The summed E-state index contributed by atoms with van der Waals surface area (Å²) in [7, 11) is 0. The first-order valence-electron chi connectivity index (χ1n) is 5.58. The number of ether oxygens (including phenoxy) is 1. The van der Waals surface area contributed by atoms with Gasteiger partial charge in [-0.15, -0.1) is 0 Å². The number of carbonyl (C=O) groups excluding carboxylic acids is 1. The number of nitrogens with one attached hydrogen (secondary N) is 1. The summed E-state index contributed by atoms with van der Waals surface area (Å²) in [6.07, 6.45) is 0.535. The van der Waals surface area contributed by atoms with Crippen molar-refractivity contribution in [2.45, 2.75) is 40.2 Å². The number of nitrogens with two attached hydrogens (primary N) is 1. The zero-order valence-corrected chi connectivity index (χ0v) is 10.2. The number of rotatable bonds is 6. The van der Waals surface area contributed by atoms with Crippen LogP contribution < -0.4 is 11.1 Å². The van der Waals surface area contributed by atoms with E-state index < -0.39 is 0 Å². The van der Waals surface area contributed by atoms with Crippen molar-refractivity contribution in [2.75, 3.05) is 13.2 Å². The Morgan fingerprint density at radius 1 is 1.27 bits per heavy atom. The fourth-order valence-corrected chi connectivity index (χ4v) is 1.20. The summed E-state index contributed by atoms with van der Waals surface area (Å²) in [6.45, 7) is 9.14. The van der Waals surface area contributed by atoms with Crippen molar-refractivity contribution in [3.8, 4) is 0 Å². The molecule has 15 heavy (non-hydrogen) atoms. The van der Waals surface area contributed by atoms with Crippen LogP contribution in [-0.4, -0.2) is 25.3 Å². The molecule has 1 atom stereocenters. The first kappa shape index (κ1) is 14.2. The summed E-state index contributed by atoms with van der Waals surface area (Å²) in [5.41, 5.74) is 5.81. The molecular formula is C11H24N2O2. The number of alkyl carbamates (subject to hydrolysis) is 1. The van der Waals surface area contributed by atoms with Gasteiger partial charge in [0.05, 0.1) is 6.61 Å². The second-order valence-electron chi connectivity index (χ2n) is 4.76. The Kier molecular flexibility index (Phi) is 7.13. The van der Waals surface area contributed by atoms with Gasteiger partial charge in [0.2, 0.25) is 0 Å². The highest BCUT2D eigenvalue weighted by Crippen LogP contribution is 2.01. The van der Waals surface area contributed by atoms with Crippen molar-refractivity contribution >= 4 is 6.09 Å². The second-order valence-corrected chi connectivity index (χ2v) is 4.76. The lowest BCUT2D eigenvalue weighted by molar-refractivity contribution is 0.132. The van der Waals surface area contributed by atoms with Gasteiger partial charge in [0.1, 0.15) is 0 Å². The first-order chi connectivity index (χ1) is 6.91. The standard InChI is InChI=1S/C11H24N2O2/c1-8(2)5-10(12)6-13-11(14)15-7-9(3)4/h8-10H,5-7,12H2,1-4H3,(H,13,14). The molecule has 0 saturated carbocycles. The van der Waals surface area contributed by atoms with Gasteiger partial charge < -0.3 is 15.8 Å². The third-order valence-corrected chi connectivity index (χ3v) is 1.83. The van der Waals surface area contributed by atoms with Crippen LogP contribution in [0.25, 0.3) is 0 Å². The van der Waals surface area contributed by atoms with Gasteiger partial charge in [-0.2, -0.15) is 0 Å². The zero-order valence-electron chi connectivity index (χ0n) is 10.2. The summed E-state index contributed by atoms with van der Waals surface area (Å²) in [5, 5.41) is 2.66. The quantitative estimate of drug-likeness (QED) is 0.711. The highest BCUT2D eigenvalue weighted by atomic mass is 16.5. The fourth-order valence-electron chi connectivity index (χ4n) is 1.20. The third-order valence-electron chi connectivity index (χ3n) is 1.83. The van der Waals surface area contributed by atoms with E-state index in [1.165, 1.54) is 0 Å². The molecule has 0 radical (unpaired) electrons. The van der Waals surface area contributed by atoms with Crippen LogP contribution >= 0.6 is 0 Å². The average Bonchev–Trinajstić information content (AvgIpc) is 2.10. The molecule has 0 fully saturated rings. The molecule has 0 aliphatic carbocycles. The van der Waals surface area contributed by atoms with Gasteiger partial charge in [0, 0.05) is 12.6 Å². The Labute approximate surface area is 92.6 Å². The second kappa shape index (κ2) is 7.51. The van der Waals surface area contributed by atoms with Crippen molar-refractivity contribution in [2.24, 2.45) is 17.6 Å². The number of carbonyl (C=O) groups is 1. The predicted octanol–water partition coefficient (Wildman–Crippen LogP) is 1.74. The molecule has 0 aromatic rings. The van der Waals surface area contributed by atoms with Crippen LogP contribution in [0.15, 0.2) is 0 Å². The van der Waals surface area contributed by atoms with E-state index in [9.17, 15) is 4.79 Å². The summed E-state index contributed by atoms with van der Waals surface area (Å²) >= 11 is 0. The molecule has 0 aromatic heterocycles. The third kappa shape index (κ3) is 9.53. The summed E-state index contributed by atoms with van der Waals surface area (Å²) < 4.78 is 4.95. The first-order valence-corrected chi connectivity index (χ1v) is 5.58. The molecule has 0 aliphatic heterocycles. The van der Waals surface area contributed by atoms with Crippen LogP contribution in [0.1, 0.15) is 34.1 Å². The monoisotopic (exact) mass is 216 g/mol. The largest absolute Gasteiger partial charge is 0.449 e. The molecule has 0 spiro atoms. The summed E-state index contributed by atoms with van der Waals surface area (Å²) in [5.74, 6) is 0.911. The van der Waals surface area contributed by atoms with E-state index in [0.29, 0.717) is 25.0 Å². The van der Waals surface area contributed by atoms with Crippen LogP contribution in [0.3, 0.4) is 0 Å². The molecule has 0 bridgehead atoms. The minimum atomic E-state index is -0.372. The summed E-state index contributed by atoms with van der Waals surface area (Å²) in [6, 6.07) is 0.0107. The lowest BCUT2D eigenvalue weighted by Gasteiger charge is -2.15. The lowest BCUT2D eigenvalue weighted by atomic mass is 10.0. The van der Waals surface area contributed by atoms with E-state index in [2.05, 4.69) is 19.2 Å². The van der Waals surface area contributed by atoms with Crippen molar-refractivity contribution in [1.82, 2.24) is 5.32 Å². The van der Waals surface area contributed by atoms with Gasteiger partial charge in [-0.3, -0.25) is 0 Å². The SMILES string of the molecule is CC(C)COC(=O)NCC(N)CC(C)C. The minimum Gasteiger partial charge on any atom is -0.449 e. The van der Waals surface area contributed by atoms with E-state index in [0.717, 1.165) is 6.42 Å². The highest BCUT2D eigenvalue weighted by Gasteiger charge is 2.08. The van der Waals surface area contributed by atoms with Crippen LogP contribution in [0.5, 0.6) is 0 Å². The molecule has 3 N–H and O–H groups in total. The van der Waals surface area contributed by atoms with Crippen LogP contribution in [0, 0.1) is 11.8 Å².